The summed E-state index contributed by atoms with van der Waals surface area (Å²) in [4.78, 5) is 13.8. The molecule has 2 aromatic rings. The highest BCUT2D eigenvalue weighted by Crippen LogP contribution is 2.29. The van der Waals surface area contributed by atoms with Crippen LogP contribution in [0.25, 0.3) is 0 Å². The average Bonchev–Trinajstić information content (AvgIpc) is 3.13. The van der Waals surface area contributed by atoms with Gasteiger partial charge in [-0.2, -0.15) is 13.2 Å². The fourth-order valence-electron chi connectivity index (χ4n) is 2.19. The van der Waals surface area contributed by atoms with Crippen molar-refractivity contribution in [2.45, 2.75) is 32.9 Å². The average molecular weight is 415 g/mol. The van der Waals surface area contributed by atoms with Gasteiger partial charge in [-0.25, -0.2) is 9.97 Å². The number of nitrogens with zero attached hydrogens (tertiary/aromatic N) is 3. The van der Waals surface area contributed by atoms with Crippen LogP contribution < -0.4 is 15.4 Å². The van der Waals surface area contributed by atoms with Gasteiger partial charge < -0.3 is 15.4 Å². The number of ether oxygens (including phenoxy) is 1. The van der Waals surface area contributed by atoms with Gasteiger partial charge in [-0.05, 0) is 19.4 Å². The predicted molar refractivity (Wildman–Crippen MR) is 104 cm³/mol. The maximum Gasteiger partial charge on any atom is 0.417 e. The van der Waals surface area contributed by atoms with Crippen LogP contribution in [0, 0.1) is 0 Å². The molecule has 0 amide bonds. The molecule has 6 nitrogen and oxygen atoms in total. The largest absolute Gasteiger partial charge is 0.476 e. The molecule has 2 rings (SSSR count). The molecule has 0 unspecified atom stereocenters. The van der Waals surface area contributed by atoms with Crippen molar-refractivity contribution >= 4 is 17.3 Å². The second kappa shape index (κ2) is 10.8. The Kier molecular flexibility index (Phi) is 8.49. The number of halogens is 3. The number of alkyl halides is 3. The number of pyridine rings is 1. The van der Waals surface area contributed by atoms with Gasteiger partial charge in [-0.3, -0.25) is 4.99 Å². The number of nitrogens with one attached hydrogen (secondary N) is 2. The molecule has 0 spiro atoms. The van der Waals surface area contributed by atoms with Crippen LogP contribution in [0.1, 0.15) is 29.3 Å². The van der Waals surface area contributed by atoms with Gasteiger partial charge in [0.1, 0.15) is 6.61 Å². The van der Waals surface area contributed by atoms with Crippen LogP contribution in [0.3, 0.4) is 0 Å². The number of hydrogen-bond donors (Lipinski definition) is 2. The summed E-state index contributed by atoms with van der Waals surface area (Å²) in [5.41, 5.74) is -0.800. The van der Waals surface area contributed by atoms with Gasteiger partial charge >= 0.3 is 6.18 Å². The van der Waals surface area contributed by atoms with Crippen LogP contribution in [0.4, 0.5) is 13.2 Å². The maximum absolute atomic E-state index is 12.5. The molecule has 2 aromatic heterocycles. The smallest absolute Gasteiger partial charge is 0.417 e. The summed E-state index contributed by atoms with van der Waals surface area (Å²) in [6, 6.07) is 2.16. The summed E-state index contributed by atoms with van der Waals surface area (Å²) in [5.74, 6) is 0.797. The Bertz CT molecular complexity index is 746. The molecular formula is C18H24F3N5OS. The lowest BCUT2D eigenvalue weighted by Gasteiger charge is -2.12. The monoisotopic (exact) mass is 415 g/mol. The lowest BCUT2D eigenvalue weighted by atomic mass is 10.3. The van der Waals surface area contributed by atoms with Crippen molar-refractivity contribution in [3.63, 3.8) is 0 Å². The standard InChI is InChI=1S/C18H24F3N5OS/c1-3-14-12-26-16(28-14)7-8-23-17(22-4-2)24-9-10-27-15-6-5-13(11-25-15)18(19,20)21/h5-6,11-12H,3-4,7-10H2,1-2H3,(H2,22,23,24). The van der Waals surface area contributed by atoms with E-state index in [4.69, 9.17) is 4.74 Å². The van der Waals surface area contributed by atoms with E-state index in [-0.39, 0.29) is 12.5 Å². The normalized spacial score (nSPS) is 12.1. The first-order chi connectivity index (χ1) is 13.4. The van der Waals surface area contributed by atoms with E-state index < -0.39 is 11.7 Å². The van der Waals surface area contributed by atoms with E-state index in [0.29, 0.717) is 25.6 Å². The van der Waals surface area contributed by atoms with E-state index in [2.05, 4.69) is 32.5 Å². The van der Waals surface area contributed by atoms with Crippen molar-refractivity contribution in [2.75, 3.05) is 26.2 Å². The number of thiazole rings is 1. The summed E-state index contributed by atoms with van der Waals surface area (Å²) >= 11 is 1.70. The van der Waals surface area contributed by atoms with Crippen LogP contribution in [-0.2, 0) is 19.0 Å². The lowest BCUT2D eigenvalue weighted by Crippen LogP contribution is -2.39. The molecule has 0 radical (unpaired) electrons. The summed E-state index contributed by atoms with van der Waals surface area (Å²) in [6.07, 6.45) is 0.0176. The molecule has 10 heteroatoms. The van der Waals surface area contributed by atoms with Crippen LogP contribution in [0.5, 0.6) is 5.88 Å². The molecule has 2 heterocycles. The molecule has 0 fully saturated rings. The number of rotatable bonds is 9. The van der Waals surface area contributed by atoms with Gasteiger partial charge in [0.15, 0.2) is 5.96 Å². The van der Waals surface area contributed by atoms with Crippen LogP contribution >= 0.6 is 11.3 Å². The Morgan fingerprint density at radius 1 is 1.18 bits per heavy atom. The zero-order valence-electron chi connectivity index (χ0n) is 15.8. The summed E-state index contributed by atoms with van der Waals surface area (Å²) in [6.45, 7) is 6.07. The molecule has 0 bridgehead atoms. The minimum Gasteiger partial charge on any atom is -0.476 e. The lowest BCUT2D eigenvalue weighted by molar-refractivity contribution is -0.137. The molecule has 0 saturated heterocycles. The Labute approximate surface area is 166 Å². The van der Waals surface area contributed by atoms with Crippen molar-refractivity contribution in [1.82, 2.24) is 20.6 Å². The van der Waals surface area contributed by atoms with Crippen LogP contribution in [0.2, 0.25) is 0 Å². The number of aliphatic imine (C=N–C) groups is 1. The second-order valence-electron chi connectivity index (χ2n) is 5.74. The van der Waals surface area contributed by atoms with E-state index in [1.165, 1.54) is 10.9 Å². The quantitative estimate of drug-likeness (QED) is 0.374. The second-order valence-corrected chi connectivity index (χ2v) is 6.94. The summed E-state index contributed by atoms with van der Waals surface area (Å²) < 4.78 is 42.9. The molecule has 0 aliphatic heterocycles. The van der Waals surface area contributed by atoms with Gasteiger partial charge in [-0.15, -0.1) is 11.3 Å². The Balaban J connectivity index is 1.74. The first kappa shape index (κ1) is 21.9. The molecule has 0 saturated carbocycles. The molecule has 154 valence electrons. The fourth-order valence-corrected chi connectivity index (χ4v) is 3.04. The van der Waals surface area contributed by atoms with Gasteiger partial charge in [0.2, 0.25) is 5.88 Å². The summed E-state index contributed by atoms with van der Waals surface area (Å²) in [5, 5.41) is 7.32. The summed E-state index contributed by atoms with van der Waals surface area (Å²) in [7, 11) is 0. The Morgan fingerprint density at radius 3 is 2.61 bits per heavy atom. The minimum atomic E-state index is -4.40. The van der Waals surface area contributed by atoms with Crippen molar-refractivity contribution in [2.24, 2.45) is 4.99 Å². The SMILES string of the molecule is CCNC(=NCCc1ncc(CC)s1)NCCOc1ccc(C(F)(F)F)cn1. The number of hydrogen-bond acceptors (Lipinski definition) is 5. The van der Waals surface area contributed by atoms with Crippen LogP contribution in [-0.4, -0.2) is 42.2 Å². The first-order valence-electron chi connectivity index (χ1n) is 9.04. The Hall–Kier alpha value is -2.36. The first-order valence-corrected chi connectivity index (χ1v) is 9.85. The maximum atomic E-state index is 12.5. The fraction of sp³-hybridized carbons (Fsp3) is 0.500. The zero-order chi connectivity index (χ0) is 20.4. The van der Waals surface area contributed by atoms with E-state index in [0.717, 1.165) is 30.1 Å². The molecule has 0 aliphatic carbocycles. The number of aryl methyl sites for hydroxylation is 1. The van der Waals surface area contributed by atoms with Crippen LogP contribution in [0.15, 0.2) is 29.5 Å². The highest BCUT2D eigenvalue weighted by Gasteiger charge is 2.30. The topological polar surface area (TPSA) is 71.4 Å². The number of guanidine groups is 1. The Morgan fingerprint density at radius 2 is 2.00 bits per heavy atom. The third-order valence-corrected chi connectivity index (χ3v) is 4.80. The van der Waals surface area contributed by atoms with Gasteiger partial charge in [0, 0.05) is 42.8 Å². The zero-order valence-corrected chi connectivity index (χ0v) is 16.7. The minimum absolute atomic E-state index is 0.146. The highest BCUT2D eigenvalue weighted by molar-refractivity contribution is 7.11. The van der Waals surface area contributed by atoms with Crippen molar-refractivity contribution in [3.8, 4) is 5.88 Å². The van der Waals surface area contributed by atoms with E-state index in [1.807, 2.05) is 13.1 Å². The van der Waals surface area contributed by atoms with E-state index in [9.17, 15) is 13.2 Å². The van der Waals surface area contributed by atoms with E-state index in [1.54, 1.807) is 11.3 Å². The molecule has 28 heavy (non-hydrogen) atoms. The highest BCUT2D eigenvalue weighted by atomic mass is 32.1. The third-order valence-electron chi connectivity index (χ3n) is 3.60. The van der Waals surface area contributed by atoms with Crippen molar-refractivity contribution < 1.29 is 17.9 Å². The molecular weight excluding hydrogens is 391 g/mol. The van der Waals surface area contributed by atoms with Gasteiger partial charge in [0.05, 0.1) is 17.1 Å². The van der Waals surface area contributed by atoms with Crippen molar-refractivity contribution in [1.29, 1.82) is 0 Å². The van der Waals surface area contributed by atoms with E-state index >= 15 is 0 Å². The molecule has 0 aliphatic rings. The van der Waals surface area contributed by atoms with Gasteiger partial charge in [-0.1, -0.05) is 6.92 Å². The van der Waals surface area contributed by atoms with Gasteiger partial charge in [0.25, 0.3) is 0 Å². The third kappa shape index (κ3) is 7.34. The number of aromatic nitrogens is 2. The molecule has 0 aromatic carbocycles. The predicted octanol–water partition coefficient (Wildman–Crippen LogP) is 3.30. The molecule has 0 atom stereocenters. The van der Waals surface area contributed by atoms with Crippen molar-refractivity contribution in [3.05, 3.63) is 40.0 Å². The molecule has 2 N–H and O–H groups in total.